The van der Waals surface area contributed by atoms with Crippen LogP contribution in [0.4, 0.5) is 15.3 Å². The van der Waals surface area contributed by atoms with Gasteiger partial charge in [-0.15, -0.1) is 0 Å². The number of primary amides is 1. The summed E-state index contributed by atoms with van der Waals surface area (Å²) in [6.45, 7) is 12.2. The number of amides is 5. The summed E-state index contributed by atoms with van der Waals surface area (Å²) in [4.78, 5) is 60.8. The monoisotopic (exact) mass is 592 g/mol. The molecule has 0 heterocycles. The van der Waals surface area contributed by atoms with E-state index in [0.29, 0.717) is 18.5 Å². The predicted molar refractivity (Wildman–Crippen MR) is 160 cm³/mol. The van der Waals surface area contributed by atoms with Crippen LogP contribution in [-0.2, 0) is 25.5 Å². The third-order valence-electron chi connectivity index (χ3n) is 6.38. The highest BCUT2D eigenvalue weighted by Crippen LogP contribution is 2.25. The minimum Gasteiger partial charge on any atom is -0.481 e. The number of nitrogens with one attached hydrogen (secondary N) is 4. The molecule has 1 aromatic rings. The number of ether oxygens (including phenoxy) is 1. The number of carbonyl (C=O) groups excluding carboxylic acids is 4. The van der Waals surface area contributed by atoms with Crippen LogP contribution in [0.15, 0.2) is 24.3 Å². The Bertz CT molecular complexity index is 1080. The summed E-state index contributed by atoms with van der Waals surface area (Å²) >= 11 is 0. The Morgan fingerprint density at radius 3 is 2.05 bits per heavy atom. The predicted octanol–water partition coefficient (Wildman–Crippen LogP) is 2.48. The molecule has 0 aliphatic carbocycles. The van der Waals surface area contributed by atoms with E-state index in [1.54, 1.807) is 72.7 Å². The van der Waals surface area contributed by atoms with Crippen LogP contribution in [0.3, 0.4) is 0 Å². The van der Waals surface area contributed by atoms with Gasteiger partial charge in [-0.05, 0) is 83.9 Å². The number of hydrogen-bond acceptors (Lipinski definition) is 7. The average molecular weight is 593 g/mol. The second-order valence-corrected chi connectivity index (χ2v) is 12.4. The lowest BCUT2D eigenvalue weighted by Gasteiger charge is -2.28. The van der Waals surface area contributed by atoms with Gasteiger partial charge in [0.25, 0.3) is 0 Å². The van der Waals surface area contributed by atoms with Crippen molar-refractivity contribution in [2.24, 2.45) is 22.8 Å². The number of carboxylic acid groups (broad SMARTS) is 1. The van der Waals surface area contributed by atoms with Gasteiger partial charge >= 0.3 is 18.1 Å². The maximum absolute atomic E-state index is 13.1. The molecule has 3 unspecified atom stereocenters. The summed E-state index contributed by atoms with van der Waals surface area (Å²) in [5.74, 6) is -2.04. The Kier molecular flexibility index (Phi) is 13.7. The summed E-state index contributed by atoms with van der Waals surface area (Å²) in [5.41, 5.74) is 10.5. The molecule has 0 aliphatic rings. The van der Waals surface area contributed by atoms with Crippen molar-refractivity contribution >= 4 is 35.6 Å². The molecule has 13 heteroatoms. The lowest BCUT2D eigenvalue weighted by Crippen LogP contribution is -2.51. The molecule has 0 saturated carbocycles. The van der Waals surface area contributed by atoms with Gasteiger partial charge in [-0.1, -0.05) is 26.0 Å². The van der Waals surface area contributed by atoms with Gasteiger partial charge < -0.3 is 42.6 Å². The highest BCUT2D eigenvalue weighted by molar-refractivity contribution is 5.97. The van der Waals surface area contributed by atoms with E-state index in [1.165, 1.54) is 0 Å². The maximum atomic E-state index is 13.1. The molecule has 9 N–H and O–H groups in total. The van der Waals surface area contributed by atoms with Gasteiger partial charge in [0.05, 0.1) is 11.5 Å². The Hall–Kier alpha value is -3.87. The summed E-state index contributed by atoms with van der Waals surface area (Å²) in [7, 11) is 0. The van der Waals surface area contributed by atoms with Gasteiger partial charge in [0.15, 0.2) is 0 Å². The average Bonchev–Trinajstić information content (AvgIpc) is 2.84. The maximum Gasteiger partial charge on any atom is 0.407 e. The Morgan fingerprint density at radius 1 is 0.952 bits per heavy atom. The van der Waals surface area contributed by atoms with Crippen molar-refractivity contribution in [3.05, 3.63) is 29.8 Å². The topological polar surface area (TPSA) is 215 Å². The van der Waals surface area contributed by atoms with E-state index in [4.69, 9.17) is 16.2 Å². The summed E-state index contributed by atoms with van der Waals surface area (Å²) in [6, 6.07) is 3.94. The number of alkyl carbamates (subject to hydrolysis) is 1. The molecule has 0 aromatic heterocycles. The van der Waals surface area contributed by atoms with Crippen LogP contribution in [-0.4, -0.2) is 65.3 Å². The van der Waals surface area contributed by atoms with E-state index in [-0.39, 0.29) is 25.3 Å². The largest absolute Gasteiger partial charge is 0.481 e. The molecular weight excluding hydrogens is 544 g/mol. The molecule has 1 aromatic carbocycles. The fourth-order valence-electron chi connectivity index (χ4n) is 3.95. The first-order valence-corrected chi connectivity index (χ1v) is 14.0. The van der Waals surface area contributed by atoms with Crippen LogP contribution in [0.25, 0.3) is 0 Å². The van der Waals surface area contributed by atoms with Gasteiger partial charge in [-0.25, -0.2) is 9.59 Å². The number of carboxylic acids is 1. The fourth-order valence-corrected chi connectivity index (χ4v) is 3.95. The van der Waals surface area contributed by atoms with Gasteiger partial charge in [0, 0.05) is 18.3 Å². The van der Waals surface area contributed by atoms with Crippen LogP contribution >= 0.6 is 0 Å². The van der Waals surface area contributed by atoms with Gasteiger partial charge in [-0.3, -0.25) is 14.4 Å². The summed E-state index contributed by atoms with van der Waals surface area (Å²) < 4.78 is 5.36. The Balaban J connectivity index is 3.00. The molecule has 236 valence electrons. The van der Waals surface area contributed by atoms with Crippen LogP contribution < -0.4 is 32.7 Å². The molecule has 5 amide bonds. The zero-order valence-corrected chi connectivity index (χ0v) is 25.7. The molecule has 1 rings (SSSR count). The number of anilines is 1. The molecular formula is C29H48N6O7. The van der Waals surface area contributed by atoms with E-state index in [9.17, 15) is 29.1 Å². The first kappa shape index (κ1) is 36.2. The normalized spacial score (nSPS) is 13.8. The van der Waals surface area contributed by atoms with Crippen LogP contribution in [0.5, 0.6) is 0 Å². The molecule has 0 aliphatic heterocycles. The van der Waals surface area contributed by atoms with Gasteiger partial charge in [0.1, 0.15) is 11.6 Å². The van der Waals surface area contributed by atoms with Crippen molar-refractivity contribution in [1.82, 2.24) is 16.0 Å². The number of carbonyl (C=O) groups is 5. The molecule has 3 atom stereocenters. The number of urea groups is 1. The highest BCUT2D eigenvalue weighted by atomic mass is 16.6. The van der Waals surface area contributed by atoms with E-state index < -0.39 is 59.0 Å². The van der Waals surface area contributed by atoms with Crippen molar-refractivity contribution < 1.29 is 33.8 Å². The van der Waals surface area contributed by atoms with E-state index >= 15 is 0 Å². The lowest BCUT2D eigenvalue weighted by molar-refractivity contribution is -0.147. The summed E-state index contributed by atoms with van der Waals surface area (Å²) in [6.07, 6.45) is 0.454. The second-order valence-electron chi connectivity index (χ2n) is 12.4. The smallest absolute Gasteiger partial charge is 0.407 e. The molecule has 0 fully saturated rings. The first-order chi connectivity index (χ1) is 19.3. The highest BCUT2D eigenvalue weighted by Gasteiger charge is 2.32. The zero-order chi connectivity index (χ0) is 32.3. The first-order valence-electron chi connectivity index (χ1n) is 14.0. The van der Waals surface area contributed by atoms with Crippen LogP contribution in [0, 0.1) is 11.3 Å². The number of nitrogens with two attached hydrogens (primary N) is 2. The van der Waals surface area contributed by atoms with Crippen molar-refractivity contribution in [1.29, 1.82) is 0 Å². The minimum atomic E-state index is -1.10. The SMILES string of the molecule is CC(C)C(N)C(=O)NC(CCCNC(N)=O)C(=O)Nc1ccc(CC(CC(C)(C)C(=O)O)NC(=O)OC(C)(C)C)cc1. The zero-order valence-electron chi connectivity index (χ0n) is 25.7. The van der Waals surface area contributed by atoms with Crippen molar-refractivity contribution in [2.75, 3.05) is 11.9 Å². The van der Waals surface area contributed by atoms with Crippen molar-refractivity contribution in [3.63, 3.8) is 0 Å². The van der Waals surface area contributed by atoms with Crippen LogP contribution in [0.2, 0.25) is 0 Å². The minimum absolute atomic E-state index is 0.132. The molecule has 0 radical (unpaired) electrons. The lowest BCUT2D eigenvalue weighted by atomic mass is 9.84. The Labute approximate surface area is 247 Å². The second kappa shape index (κ2) is 15.9. The van der Waals surface area contributed by atoms with Crippen molar-refractivity contribution in [2.45, 2.75) is 97.9 Å². The summed E-state index contributed by atoms with van der Waals surface area (Å²) in [5, 5.41) is 20.3. The van der Waals surface area contributed by atoms with Gasteiger partial charge in [-0.2, -0.15) is 0 Å². The van der Waals surface area contributed by atoms with E-state index in [0.717, 1.165) is 5.56 Å². The van der Waals surface area contributed by atoms with E-state index in [1.807, 2.05) is 0 Å². The quantitative estimate of drug-likeness (QED) is 0.150. The number of aliphatic carboxylic acids is 1. The molecule has 0 spiro atoms. The van der Waals surface area contributed by atoms with Crippen molar-refractivity contribution in [3.8, 4) is 0 Å². The fraction of sp³-hybridized carbons (Fsp3) is 0.621. The number of hydrogen-bond donors (Lipinski definition) is 7. The molecule has 42 heavy (non-hydrogen) atoms. The van der Waals surface area contributed by atoms with Crippen LogP contribution in [0.1, 0.15) is 73.3 Å². The van der Waals surface area contributed by atoms with E-state index in [2.05, 4.69) is 21.3 Å². The standard InChI is InChI=1S/C29H48N6O7/c1-17(2)22(30)24(37)35-21(9-8-14-32-26(31)40)23(36)33-19-12-10-18(11-13-19)15-20(16-29(6,7)25(38)39)34-27(41)42-28(3,4)5/h10-13,17,20-22H,8-9,14-16,30H2,1-7H3,(H,33,36)(H,34,41)(H,35,37)(H,38,39)(H3,31,32,40). The third-order valence-corrected chi connectivity index (χ3v) is 6.38. The molecule has 0 bridgehead atoms. The number of benzene rings is 1. The van der Waals surface area contributed by atoms with Gasteiger partial charge in [0.2, 0.25) is 11.8 Å². The molecule has 0 saturated heterocycles. The number of rotatable bonds is 15. The molecule has 13 nitrogen and oxygen atoms in total. The Morgan fingerprint density at radius 2 is 1.55 bits per heavy atom. The third kappa shape index (κ3) is 13.7.